The lowest BCUT2D eigenvalue weighted by Crippen LogP contribution is -2.74. The monoisotopic (exact) mass is 834 g/mol. The summed E-state index contributed by atoms with van der Waals surface area (Å²) in [6.45, 7) is 15.6. The highest BCUT2D eigenvalue weighted by atomic mass is 35.5. The van der Waals surface area contributed by atoms with E-state index in [1.807, 2.05) is 24.3 Å². The summed E-state index contributed by atoms with van der Waals surface area (Å²) in [5.74, 6) is -0.638. The average Bonchev–Trinajstić information content (AvgIpc) is 3.41. The van der Waals surface area contributed by atoms with Crippen molar-refractivity contribution < 1.29 is 33.4 Å². The second-order valence-electron chi connectivity index (χ2n) is 18.4. The number of benzene rings is 3. The van der Waals surface area contributed by atoms with Crippen molar-refractivity contribution in [1.82, 2.24) is 20.4 Å². The number of halogens is 1. The van der Waals surface area contributed by atoms with Crippen LogP contribution in [0.1, 0.15) is 104 Å². The first kappa shape index (κ1) is 41.3. The summed E-state index contributed by atoms with van der Waals surface area (Å²) in [5.41, 5.74) is 1.81. The Hall–Kier alpha value is -5.45. The lowest BCUT2D eigenvalue weighted by atomic mass is 9.49. The molecule has 314 valence electrons. The highest BCUT2D eigenvalue weighted by Crippen LogP contribution is 2.55. The molecule has 2 aliphatic carbocycles. The van der Waals surface area contributed by atoms with Gasteiger partial charge in [0.05, 0.1) is 21.7 Å². The molecule has 0 radical (unpaired) electrons. The molecular weight excluding hydrogens is 784 g/mol. The van der Waals surface area contributed by atoms with Gasteiger partial charge < -0.3 is 19.7 Å². The molecule has 2 saturated carbocycles. The van der Waals surface area contributed by atoms with Gasteiger partial charge in [0.1, 0.15) is 35.8 Å². The molecule has 0 unspecified atom stereocenters. The van der Waals surface area contributed by atoms with E-state index in [0.717, 1.165) is 43.1 Å². The minimum atomic E-state index is -1.00. The SMILES string of the molecule is CC(C)N(CC1CN(c2ccc(C(=O)NC3C(C)(C)C(Oc4ccc(C#N)c(Cl)c4)C3(C)C)cc2)C1)C1CC(Oc2ccc3c(c2)C(=O)N([C@@H]2CCC(=O)NC2=O)C3=O)C1. The molecule has 2 N–H and O–H groups in total. The second kappa shape index (κ2) is 15.5. The standard InChI is InChI=1S/C46H51ClN6O7/c1-25(2)52(30-17-33(18-30)59-31-13-14-34-35(19-31)42(58)53(41(34)57)37-15-16-38(54)49-40(37)56)24-26-22-51(23-26)29-10-7-27(8-11-29)39(55)50-43-45(3,4)44(46(43,5)6)60-32-12-9-28(21-48)36(47)20-32/h7-14,19-20,25-26,30,33,37,43-44H,15-18,22-24H2,1-6H3,(H,50,55)(H,49,54,56)/t30?,33?,37-,43?,44?/m1/s1. The maximum Gasteiger partial charge on any atom is 0.262 e. The van der Waals surface area contributed by atoms with Crippen molar-refractivity contribution in [2.24, 2.45) is 16.7 Å². The van der Waals surface area contributed by atoms with Crippen LogP contribution in [0.25, 0.3) is 0 Å². The third kappa shape index (κ3) is 7.38. The molecule has 5 aliphatic rings. The minimum absolute atomic E-state index is 0.0222. The van der Waals surface area contributed by atoms with Gasteiger partial charge in [-0.2, -0.15) is 5.26 Å². The van der Waals surface area contributed by atoms with Crippen LogP contribution >= 0.6 is 11.6 Å². The quantitative estimate of drug-likeness (QED) is 0.208. The molecule has 0 aromatic heterocycles. The Morgan fingerprint density at radius 3 is 2.22 bits per heavy atom. The zero-order valence-electron chi connectivity index (χ0n) is 34.8. The Labute approximate surface area is 355 Å². The number of piperidine rings is 1. The van der Waals surface area contributed by atoms with Gasteiger partial charge in [0.2, 0.25) is 11.8 Å². The van der Waals surface area contributed by atoms with Crippen molar-refractivity contribution in [3.8, 4) is 17.6 Å². The number of hydrogen-bond donors (Lipinski definition) is 2. The van der Waals surface area contributed by atoms with Gasteiger partial charge in [-0.15, -0.1) is 0 Å². The summed E-state index contributed by atoms with van der Waals surface area (Å²) in [6.07, 6.45) is 1.67. The van der Waals surface area contributed by atoms with Crippen LogP contribution < -0.4 is 25.0 Å². The number of ether oxygens (including phenoxy) is 2. The summed E-state index contributed by atoms with van der Waals surface area (Å²) in [4.78, 5) is 69.8. The first-order chi connectivity index (χ1) is 28.5. The van der Waals surface area contributed by atoms with E-state index in [2.05, 4.69) is 68.0 Å². The second-order valence-corrected chi connectivity index (χ2v) is 18.8. The maximum atomic E-state index is 13.5. The number of amides is 5. The van der Waals surface area contributed by atoms with E-state index in [-0.39, 0.29) is 59.0 Å². The van der Waals surface area contributed by atoms with Gasteiger partial charge >= 0.3 is 0 Å². The molecule has 14 heteroatoms. The molecule has 60 heavy (non-hydrogen) atoms. The number of nitriles is 1. The van der Waals surface area contributed by atoms with Crippen LogP contribution in [-0.4, -0.2) is 95.3 Å². The fourth-order valence-corrected chi connectivity index (χ4v) is 10.4. The molecule has 3 aliphatic heterocycles. The molecule has 13 nitrogen and oxygen atoms in total. The van der Waals surface area contributed by atoms with Crippen LogP contribution in [0, 0.1) is 28.1 Å². The number of nitrogens with one attached hydrogen (secondary N) is 2. The summed E-state index contributed by atoms with van der Waals surface area (Å²) in [7, 11) is 0. The van der Waals surface area contributed by atoms with E-state index in [1.54, 1.807) is 36.4 Å². The van der Waals surface area contributed by atoms with Crippen molar-refractivity contribution in [3.05, 3.63) is 87.9 Å². The Morgan fingerprint density at radius 2 is 1.58 bits per heavy atom. The highest BCUT2D eigenvalue weighted by molar-refractivity contribution is 6.31. The van der Waals surface area contributed by atoms with Gasteiger partial charge in [0.15, 0.2) is 0 Å². The van der Waals surface area contributed by atoms with Crippen molar-refractivity contribution in [2.75, 3.05) is 24.5 Å². The minimum Gasteiger partial charge on any atom is -0.490 e. The largest absolute Gasteiger partial charge is 0.490 e. The molecular formula is C46H51ClN6O7. The molecule has 3 aromatic carbocycles. The predicted molar refractivity (Wildman–Crippen MR) is 224 cm³/mol. The maximum absolute atomic E-state index is 13.5. The zero-order chi connectivity index (χ0) is 42.8. The Morgan fingerprint density at radius 1 is 0.933 bits per heavy atom. The molecule has 5 amide bonds. The first-order valence-corrected chi connectivity index (χ1v) is 21.1. The van der Waals surface area contributed by atoms with Crippen LogP contribution in [-0.2, 0) is 9.59 Å². The van der Waals surface area contributed by atoms with E-state index in [4.69, 9.17) is 21.1 Å². The fourth-order valence-electron chi connectivity index (χ4n) is 10.2. The number of rotatable bonds is 12. The number of fused-ring (bicyclic) bond motifs is 1. The molecule has 1 atom stereocenters. The lowest BCUT2D eigenvalue weighted by molar-refractivity contribution is -0.164. The Balaban J connectivity index is 0.798. The molecule has 2 saturated heterocycles. The van der Waals surface area contributed by atoms with Gasteiger partial charge in [-0.1, -0.05) is 39.3 Å². The normalized spacial score (nSPS) is 25.5. The molecule has 0 bridgehead atoms. The van der Waals surface area contributed by atoms with Gasteiger partial charge in [-0.25, -0.2) is 0 Å². The fraction of sp³-hybridized carbons (Fsp3) is 0.478. The molecule has 3 heterocycles. The third-order valence-electron chi connectivity index (χ3n) is 13.3. The Kier molecular flexibility index (Phi) is 10.7. The number of imide groups is 2. The van der Waals surface area contributed by atoms with Crippen LogP contribution in [0.4, 0.5) is 5.69 Å². The molecule has 0 spiro atoms. The van der Waals surface area contributed by atoms with Gasteiger partial charge in [-0.3, -0.25) is 39.1 Å². The number of anilines is 1. The average molecular weight is 835 g/mol. The van der Waals surface area contributed by atoms with Gasteiger partial charge in [0.25, 0.3) is 17.7 Å². The number of carbonyl (C=O) groups excluding carboxylic acids is 5. The van der Waals surface area contributed by atoms with Crippen LogP contribution in [0.2, 0.25) is 5.02 Å². The molecule has 4 fully saturated rings. The van der Waals surface area contributed by atoms with E-state index in [0.29, 0.717) is 45.7 Å². The smallest absolute Gasteiger partial charge is 0.262 e. The number of hydrogen-bond acceptors (Lipinski definition) is 10. The molecule has 3 aromatic rings. The topological polar surface area (TPSA) is 161 Å². The van der Waals surface area contributed by atoms with Crippen LogP contribution in [0.5, 0.6) is 11.5 Å². The molecule has 8 rings (SSSR count). The highest BCUT2D eigenvalue weighted by Gasteiger charge is 2.64. The van der Waals surface area contributed by atoms with Crippen molar-refractivity contribution in [3.63, 3.8) is 0 Å². The summed E-state index contributed by atoms with van der Waals surface area (Å²) in [5, 5.41) is 15.1. The Bertz CT molecular complexity index is 2280. The predicted octanol–water partition coefficient (Wildman–Crippen LogP) is 5.98. The third-order valence-corrected chi connectivity index (χ3v) is 13.6. The van der Waals surface area contributed by atoms with E-state index in [9.17, 15) is 29.2 Å². The number of nitrogens with zero attached hydrogens (tertiary/aromatic N) is 4. The van der Waals surface area contributed by atoms with E-state index >= 15 is 0 Å². The summed E-state index contributed by atoms with van der Waals surface area (Å²) in [6, 6.07) is 19.4. The van der Waals surface area contributed by atoms with Crippen LogP contribution in [0.3, 0.4) is 0 Å². The van der Waals surface area contributed by atoms with E-state index < -0.39 is 29.7 Å². The zero-order valence-corrected chi connectivity index (χ0v) is 35.5. The number of carbonyl (C=O) groups is 5. The lowest BCUT2D eigenvalue weighted by Gasteiger charge is -2.63. The van der Waals surface area contributed by atoms with E-state index in [1.165, 1.54) is 0 Å². The van der Waals surface area contributed by atoms with Crippen molar-refractivity contribution in [2.45, 2.75) is 104 Å². The van der Waals surface area contributed by atoms with Gasteiger partial charge in [0, 0.05) is 91.1 Å². The first-order valence-electron chi connectivity index (χ1n) is 20.8. The summed E-state index contributed by atoms with van der Waals surface area (Å²) < 4.78 is 12.7. The van der Waals surface area contributed by atoms with Crippen molar-refractivity contribution >= 4 is 46.8 Å². The van der Waals surface area contributed by atoms with Gasteiger partial charge in [-0.05, 0) is 74.9 Å². The van der Waals surface area contributed by atoms with Crippen molar-refractivity contribution in [1.29, 1.82) is 5.26 Å². The van der Waals surface area contributed by atoms with Crippen LogP contribution in [0.15, 0.2) is 60.7 Å². The summed E-state index contributed by atoms with van der Waals surface area (Å²) >= 11 is 6.25.